The minimum absolute atomic E-state index is 0.184. The van der Waals surface area contributed by atoms with Gasteiger partial charge in [0.25, 0.3) is 0 Å². The second-order valence-corrected chi connectivity index (χ2v) is 9.37. The second kappa shape index (κ2) is 10.9. The van der Waals surface area contributed by atoms with Gasteiger partial charge in [-0.15, -0.1) is 0 Å². The lowest BCUT2D eigenvalue weighted by molar-refractivity contribution is -0.123. The van der Waals surface area contributed by atoms with E-state index in [1.54, 1.807) is 21.9 Å². The van der Waals surface area contributed by atoms with Gasteiger partial charge in [-0.2, -0.15) is 0 Å². The van der Waals surface area contributed by atoms with Crippen molar-refractivity contribution in [3.63, 3.8) is 0 Å². The minimum Gasteiger partial charge on any atom is -0.481 e. The van der Waals surface area contributed by atoms with Crippen LogP contribution < -0.4 is 4.74 Å². The fraction of sp³-hybridized carbons (Fsp3) is 0.583. The number of pyridine rings is 2. The molecular formula is C24H34FN5O4. The molecule has 186 valence electrons. The molecule has 1 aliphatic heterocycles. The predicted octanol–water partition coefficient (Wildman–Crippen LogP) is 2.72. The average Bonchev–Trinajstić information content (AvgIpc) is 2.80. The molecule has 1 saturated heterocycles. The quantitative estimate of drug-likeness (QED) is 0.543. The topological polar surface area (TPSA) is 88.1 Å². The fourth-order valence-corrected chi connectivity index (χ4v) is 4.05. The number of aromatic nitrogens is 2. The summed E-state index contributed by atoms with van der Waals surface area (Å²) in [6, 6.07) is 3.28. The summed E-state index contributed by atoms with van der Waals surface area (Å²) in [6.45, 7) is 10.5. The van der Waals surface area contributed by atoms with Crippen molar-refractivity contribution in [3.05, 3.63) is 29.7 Å². The summed E-state index contributed by atoms with van der Waals surface area (Å²) in [5.74, 6) is 0.000950. The van der Waals surface area contributed by atoms with Gasteiger partial charge in [-0.05, 0) is 40.2 Å². The Bertz CT molecular complexity index is 1010. The monoisotopic (exact) mass is 475 g/mol. The molecule has 3 rings (SSSR count). The van der Waals surface area contributed by atoms with Gasteiger partial charge in [0.1, 0.15) is 11.4 Å². The molecule has 3 heterocycles. The number of piperazine rings is 1. The number of carbonyl (C=O) groups is 2. The molecule has 34 heavy (non-hydrogen) atoms. The first kappa shape index (κ1) is 25.6. The zero-order valence-electron chi connectivity index (χ0n) is 20.6. The van der Waals surface area contributed by atoms with E-state index >= 15 is 0 Å². The van der Waals surface area contributed by atoms with Crippen molar-refractivity contribution in [1.29, 1.82) is 0 Å². The molecule has 0 N–H and O–H groups in total. The molecule has 1 unspecified atom stereocenters. The number of carbonyl (C=O) groups excluding carboxylic acids is 2. The third-order valence-corrected chi connectivity index (χ3v) is 5.84. The molecule has 0 spiro atoms. The van der Waals surface area contributed by atoms with Crippen LogP contribution in [0.3, 0.4) is 0 Å². The summed E-state index contributed by atoms with van der Waals surface area (Å²) in [5.41, 5.74) is 0.991. The van der Waals surface area contributed by atoms with Crippen LogP contribution in [0.25, 0.3) is 11.0 Å². The smallest absolute Gasteiger partial charge is 0.410 e. The first-order valence-corrected chi connectivity index (χ1v) is 11.5. The molecule has 0 saturated carbocycles. The van der Waals surface area contributed by atoms with Crippen molar-refractivity contribution in [2.45, 2.75) is 45.8 Å². The van der Waals surface area contributed by atoms with E-state index in [4.69, 9.17) is 9.47 Å². The molecule has 1 fully saturated rings. The largest absolute Gasteiger partial charge is 0.481 e. The number of hydrogen-bond acceptors (Lipinski definition) is 7. The Kier molecular flexibility index (Phi) is 8.24. The van der Waals surface area contributed by atoms with Gasteiger partial charge in [-0.1, -0.05) is 0 Å². The molecule has 1 atom stereocenters. The number of amides is 2. The van der Waals surface area contributed by atoms with Gasteiger partial charge >= 0.3 is 6.09 Å². The van der Waals surface area contributed by atoms with Gasteiger partial charge in [0.15, 0.2) is 0 Å². The number of hydrogen-bond donors (Lipinski definition) is 0. The van der Waals surface area contributed by atoms with Gasteiger partial charge in [-0.3, -0.25) is 14.7 Å². The highest BCUT2D eigenvalue weighted by atomic mass is 19.1. The first-order chi connectivity index (χ1) is 16.1. The Morgan fingerprint density at radius 2 is 2.09 bits per heavy atom. The van der Waals surface area contributed by atoms with Gasteiger partial charge < -0.3 is 19.3 Å². The zero-order valence-corrected chi connectivity index (χ0v) is 20.6. The predicted molar refractivity (Wildman–Crippen MR) is 126 cm³/mol. The van der Waals surface area contributed by atoms with Gasteiger partial charge in [0.2, 0.25) is 12.3 Å². The van der Waals surface area contributed by atoms with E-state index in [0.717, 1.165) is 6.41 Å². The lowest BCUT2D eigenvalue weighted by atomic mass is 10.1. The lowest BCUT2D eigenvalue weighted by Crippen LogP contribution is -2.57. The Morgan fingerprint density at radius 1 is 1.32 bits per heavy atom. The van der Waals surface area contributed by atoms with Gasteiger partial charge in [0, 0.05) is 50.9 Å². The zero-order chi connectivity index (χ0) is 24.9. The molecule has 1 aliphatic rings. The molecule has 0 aromatic carbocycles. The van der Waals surface area contributed by atoms with E-state index in [0.29, 0.717) is 68.2 Å². The van der Waals surface area contributed by atoms with E-state index in [9.17, 15) is 14.0 Å². The highest BCUT2D eigenvalue weighted by molar-refractivity contribution is 5.78. The number of fused-ring (bicyclic) bond motifs is 1. The molecule has 0 radical (unpaired) electrons. The molecule has 2 aromatic rings. The van der Waals surface area contributed by atoms with Crippen molar-refractivity contribution in [2.75, 3.05) is 46.4 Å². The summed E-state index contributed by atoms with van der Waals surface area (Å²) < 4.78 is 25.4. The van der Waals surface area contributed by atoms with E-state index < -0.39 is 17.5 Å². The van der Waals surface area contributed by atoms with Crippen LogP contribution >= 0.6 is 0 Å². The van der Waals surface area contributed by atoms with Crippen LogP contribution in [-0.4, -0.2) is 95.2 Å². The maximum absolute atomic E-state index is 14.7. The third-order valence-electron chi connectivity index (χ3n) is 5.84. The van der Waals surface area contributed by atoms with Gasteiger partial charge in [-0.25, -0.2) is 14.2 Å². The molecule has 2 amide bonds. The van der Waals surface area contributed by atoms with Crippen LogP contribution in [0.4, 0.5) is 9.18 Å². The van der Waals surface area contributed by atoms with E-state index in [-0.39, 0.29) is 6.04 Å². The van der Waals surface area contributed by atoms with E-state index in [1.165, 1.54) is 13.3 Å². The molecule has 9 nitrogen and oxygen atoms in total. The van der Waals surface area contributed by atoms with Crippen LogP contribution in [0.5, 0.6) is 5.88 Å². The fourth-order valence-electron chi connectivity index (χ4n) is 4.05. The maximum atomic E-state index is 14.7. The Labute approximate surface area is 199 Å². The number of rotatable bonds is 8. The summed E-state index contributed by atoms with van der Waals surface area (Å²) in [7, 11) is 1.52. The Balaban J connectivity index is 1.70. The number of nitrogens with zero attached hydrogens (tertiary/aromatic N) is 5. The summed E-state index contributed by atoms with van der Waals surface area (Å²) >= 11 is 0. The maximum Gasteiger partial charge on any atom is 0.410 e. The Morgan fingerprint density at radius 3 is 2.74 bits per heavy atom. The van der Waals surface area contributed by atoms with Crippen molar-refractivity contribution in [2.24, 2.45) is 0 Å². The standard InChI is InChI=1S/C24H34FN5O4/c1-6-29(23(32)34-24(2,3)4)15-17-14-28(11-12-30(17)16-31)10-9-18-19(25)13-26-20-7-8-21(33-5)27-22(18)20/h7-8,13,16-17H,6,9-12,14-15H2,1-5H3. The molecular weight excluding hydrogens is 441 g/mol. The highest BCUT2D eigenvalue weighted by Gasteiger charge is 2.30. The van der Waals surface area contributed by atoms with Crippen LogP contribution in [-0.2, 0) is 16.0 Å². The first-order valence-electron chi connectivity index (χ1n) is 11.5. The SMILES string of the molecule is CCN(CC1CN(CCc2c(F)cnc3ccc(OC)nc23)CCN1C=O)C(=O)OC(C)(C)C. The molecule has 0 bridgehead atoms. The highest BCUT2D eigenvalue weighted by Crippen LogP contribution is 2.22. The van der Waals surface area contributed by atoms with Crippen molar-refractivity contribution < 1.29 is 23.5 Å². The van der Waals surface area contributed by atoms with Crippen LogP contribution in [0.1, 0.15) is 33.3 Å². The van der Waals surface area contributed by atoms with Crippen molar-refractivity contribution >= 4 is 23.5 Å². The van der Waals surface area contributed by atoms with Gasteiger partial charge in [0.05, 0.1) is 30.4 Å². The summed E-state index contributed by atoms with van der Waals surface area (Å²) in [4.78, 5) is 38.3. The number of halogens is 1. The Hall–Kier alpha value is -3.01. The van der Waals surface area contributed by atoms with E-state index in [1.807, 2.05) is 27.7 Å². The number of methoxy groups -OCH3 is 1. The molecule has 10 heteroatoms. The molecule has 2 aromatic heterocycles. The number of ether oxygens (including phenoxy) is 2. The minimum atomic E-state index is -0.596. The van der Waals surface area contributed by atoms with Crippen LogP contribution in [0.15, 0.2) is 18.3 Å². The lowest BCUT2D eigenvalue weighted by Gasteiger charge is -2.41. The van der Waals surface area contributed by atoms with Crippen molar-refractivity contribution in [1.82, 2.24) is 24.7 Å². The summed E-state index contributed by atoms with van der Waals surface area (Å²) in [5, 5.41) is 0. The second-order valence-electron chi connectivity index (χ2n) is 9.37. The third kappa shape index (κ3) is 6.31. The normalized spacial score (nSPS) is 17.0. The molecule has 0 aliphatic carbocycles. The number of likely N-dealkylation sites (N-methyl/N-ethyl adjacent to an activating group) is 1. The summed E-state index contributed by atoms with van der Waals surface area (Å²) in [6.07, 6.45) is 2.08. The van der Waals surface area contributed by atoms with E-state index in [2.05, 4.69) is 14.9 Å². The van der Waals surface area contributed by atoms with Crippen LogP contribution in [0, 0.1) is 5.82 Å². The van der Waals surface area contributed by atoms with Crippen LogP contribution in [0.2, 0.25) is 0 Å². The van der Waals surface area contributed by atoms with Crippen molar-refractivity contribution in [3.8, 4) is 5.88 Å². The average molecular weight is 476 g/mol.